The Morgan fingerprint density at radius 2 is 2.17 bits per heavy atom. The quantitative estimate of drug-likeness (QED) is 0.432. The lowest BCUT2D eigenvalue weighted by Crippen LogP contribution is -2.02. The van der Waals surface area contributed by atoms with Crippen molar-refractivity contribution in [1.29, 1.82) is 0 Å². The lowest BCUT2D eigenvalue weighted by molar-refractivity contribution is -0.143. The summed E-state index contributed by atoms with van der Waals surface area (Å²) in [7, 11) is 0. The molecule has 0 rings (SSSR count). The van der Waals surface area contributed by atoms with Gasteiger partial charge in [-0.05, 0) is 26.2 Å². The van der Waals surface area contributed by atoms with Crippen molar-refractivity contribution < 1.29 is 9.53 Å². The minimum Gasteiger partial charge on any atom is -0.466 e. The van der Waals surface area contributed by atoms with Gasteiger partial charge in [-0.15, -0.1) is 0 Å². The van der Waals surface area contributed by atoms with Crippen LogP contribution in [0.4, 0.5) is 0 Å². The largest absolute Gasteiger partial charge is 0.466 e. The molecule has 0 aliphatic heterocycles. The van der Waals surface area contributed by atoms with Gasteiger partial charge in [-0.2, -0.15) is 0 Å². The van der Waals surface area contributed by atoms with Crippen molar-refractivity contribution in [3.05, 3.63) is 12.7 Å². The molecule has 69 valence electrons. The van der Waals surface area contributed by atoms with E-state index in [-0.39, 0.29) is 5.97 Å². The molecule has 0 aromatic rings. The van der Waals surface area contributed by atoms with Gasteiger partial charge in [-0.25, -0.2) is 0 Å². The topological polar surface area (TPSA) is 26.3 Å². The highest BCUT2D eigenvalue weighted by Gasteiger charge is 1.99. The first-order chi connectivity index (χ1) is 5.81. The van der Waals surface area contributed by atoms with E-state index in [9.17, 15) is 4.79 Å². The number of rotatable bonds is 7. The molecule has 0 N–H and O–H groups in total. The zero-order valence-corrected chi connectivity index (χ0v) is 7.71. The smallest absolute Gasteiger partial charge is 0.305 e. The minimum atomic E-state index is -0.0887. The number of ether oxygens (including phenoxy) is 1. The van der Waals surface area contributed by atoms with E-state index in [0.29, 0.717) is 13.0 Å². The van der Waals surface area contributed by atoms with Crippen LogP contribution in [0.25, 0.3) is 0 Å². The average Bonchev–Trinajstić information content (AvgIpc) is 2.05. The Hall–Kier alpha value is -0.790. The number of allylic oxidation sites excluding steroid dienone is 1. The van der Waals surface area contributed by atoms with Crippen LogP contribution in [0, 0.1) is 6.58 Å². The van der Waals surface area contributed by atoms with E-state index in [2.05, 4.69) is 0 Å². The van der Waals surface area contributed by atoms with Gasteiger partial charge in [-0.1, -0.05) is 19.1 Å². The predicted molar refractivity (Wildman–Crippen MR) is 48.6 cm³/mol. The molecule has 0 spiro atoms. The predicted octanol–water partition coefficient (Wildman–Crippen LogP) is 2.49. The molecule has 0 unspecified atom stereocenters. The second-order valence-electron chi connectivity index (χ2n) is 2.64. The lowest BCUT2D eigenvalue weighted by Gasteiger charge is -2.00. The highest BCUT2D eigenvalue weighted by molar-refractivity contribution is 5.69. The molecule has 2 nitrogen and oxygen atoms in total. The van der Waals surface area contributed by atoms with Gasteiger partial charge < -0.3 is 4.74 Å². The molecule has 1 radical (unpaired) electrons. The molecule has 0 saturated heterocycles. The first-order valence-electron chi connectivity index (χ1n) is 4.50. The number of esters is 1. The summed E-state index contributed by atoms with van der Waals surface area (Å²) in [6.07, 6.45) is 6.15. The zero-order chi connectivity index (χ0) is 9.23. The SMILES string of the molecule is [CH]=CCCCCCC(=O)OCC. The van der Waals surface area contributed by atoms with Crippen LogP contribution in [0.5, 0.6) is 0 Å². The standard InChI is InChI=1S/C10H17O2/c1-3-5-6-7-8-9-10(11)12-4-2/h1,3H,4-9H2,2H3. The summed E-state index contributed by atoms with van der Waals surface area (Å²) in [5.41, 5.74) is 0. The van der Waals surface area contributed by atoms with E-state index in [1.54, 1.807) is 6.08 Å². The Balaban J connectivity index is 3.08. The maximum Gasteiger partial charge on any atom is 0.305 e. The van der Waals surface area contributed by atoms with Crippen LogP contribution in [0.3, 0.4) is 0 Å². The maximum atomic E-state index is 10.8. The van der Waals surface area contributed by atoms with Gasteiger partial charge >= 0.3 is 5.97 Å². The third-order valence-electron chi connectivity index (χ3n) is 1.56. The van der Waals surface area contributed by atoms with Gasteiger partial charge in [0.15, 0.2) is 0 Å². The molecule has 0 aromatic heterocycles. The van der Waals surface area contributed by atoms with Crippen molar-refractivity contribution in [3.8, 4) is 0 Å². The Kier molecular flexibility index (Phi) is 7.76. The molecule has 0 bridgehead atoms. The normalized spacial score (nSPS) is 9.42. The second kappa shape index (κ2) is 8.31. The van der Waals surface area contributed by atoms with E-state index >= 15 is 0 Å². The van der Waals surface area contributed by atoms with Crippen LogP contribution in [0.1, 0.15) is 39.0 Å². The van der Waals surface area contributed by atoms with Crippen molar-refractivity contribution >= 4 is 5.97 Å². The maximum absolute atomic E-state index is 10.8. The van der Waals surface area contributed by atoms with Crippen LogP contribution in [0.15, 0.2) is 6.08 Å². The van der Waals surface area contributed by atoms with Crippen molar-refractivity contribution in [3.63, 3.8) is 0 Å². The molecule has 0 aromatic carbocycles. The van der Waals surface area contributed by atoms with Crippen molar-refractivity contribution in [1.82, 2.24) is 0 Å². The first kappa shape index (κ1) is 11.2. The van der Waals surface area contributed by atoms with Gasteiger partial charge in [0.05, 0.1) is 6.61 Å². The first-order valence-corrected chi connectivity index (χ1v) is 4.50. The van der Waals surface area contributed by atoms with Crippen molar-refractivity contribution in [2.45, 2.75) is 39.0 Å². The average molecular weight is 169 g/mol. The molecule has 0 aliphatic carbocycles. The van der Waals surface area contributed by atoms with E-state index in [0.717, 1.165) is 25.7 Å². The Labute approximate surface area is 74.6 Å². The summed E-state index contributed by atoms with van der Waals surface area (Å²) >= 11 is 0. The fraction of sp³-hybridized carbons (Fsp3) is 0.700. The monoisotopic (exact) mass is 169 g/mol. The van der Waals surface area contributed by atoms with Gasteiger partial charge in [0, 0.05) is 6.42 Å². The number of unbranched alkanes of at least 4 members (excludes halogenated alkanes) is 3. The van der Waals surface area contributed by atoms with E-state index < -0.39 is 0 Å². The number of carbonyl (C=O) groups excluding carboxylic acids is 1. The molecule has 0 amide bonds. The molecule has 0 fully saturated rings. The Bertz CT molecular complexity index is 130. The van der Waals surface area contributed by atoms with E-state index in [1.165, 1.54) is 0 Å². The summed E-state index contributed by atoms with van der Waals surface area (Å²) < 4.78 is 4.78. The fourth-order valence-electron chi connectivity index (χ4n) is 0.941. The highest BCUT2D eigenvalue weighted by atomic mass is 16.5. The number of hydrogen-bond acceptors (Lipinski definition) is 2. The van der Waals surface area contributed by atoms with Crippen LogP contribution in [-0.4, -0.2) is 12.6 Å². The molecular weight excluding hydrogens is 152 g/mol. The van der Waals surface area contributed by atoms with Crippen LogP contribution in [-0.2, 0) is 9.53 Å². The zero-order valence-electron chi connectivity index (χ0n) is 7.71. The van der Waals surface area contributed by atoms with Crippen LogP contribution in [0.2, 0.25) is 0 Å². The summed E-state index contributed by atoms with van der Waals surface area (Å²) in [4.78, 5) is 10.8. The third-order valence-corrected chi connectivity index (χ3v) is 1.56. The Morgan fingerprint density at radius 1 is 1.42 bits per heavy atom. The Morgan fingerprint density at radius 3 is 2.75 bits per heavy atom. The van der Waals surface area contributed by atoms with Crippen LogP contribution >= 0.6 is 0 Å². The summed E-state index contributed by atoms with van der Waals surface area (Å²) in [6, 6.07) is 0. The molecule has 0 atom stereocenters. The molecule has 0 heterocycles. The van der Waals surface area contributed by atoms with E-state index in [1.807, 2.05) is 6.92 Å². The molecule has 0 saturated carbocycles. The minimum absolute atomic E-state index is 0.0887. The lowest BCUT2D eigenvalue weighted by atomic mass is 10.1. The van der Waals surface area contributed by atoms with Gasteiger partial charge in [0.25, 0.3) is 0 Å². The molecular formula is C10H17O2. The third kappa shape index (κ3) is 7.32. The fourth-order valence-corrected chi connectivity index (χ4v) is 0.941. The van der Waals surface area contributed by atoms with Crippen LogP contribution < -0.4 is 0 Å². The molecule has 12 heavy (non-hydrogen) atoms. The number of carbonyl (C=O) groups is 1. The summed E-state index contributed by atoms with van der Waals surface area (Å²) in [5, 5.41) is 0. The summed E-state index contributed by atoms with van der Waals surface area (Å²) in [5.74, 6) is -0.0887. The van der Waals surface area contributed by atoms with E-state index in [4.69, 9.17) is 11.3 Å². The van der Waals surface area contributed by atoms with Gasteiger partial charge in [-0.3, -0.25) is 4.79 Å². The molecule has 0 aliphatic rings. The second-order valence-corrected chi connectivity index (χ2v) is 2.64. The number of hydrogen-bond donors (Lipinski definition) is 0. The van der Waals surface area contributed by atoms with Crippen molar-refractivity contribution in [2.24, 2.45) is 0 Å². The van der Waals surface area contributed by atoms with Gasteiger partial charge in [0.1, 0.15) is 0 Å². The molecule has 2 heteroatoms. The summed E-state index contributed by atoms with van der Waals surface area (Å²) in [6.45, 7) is 7.50. The van der Waals surface area contributed by atoms with Crippen molar-refractivity contribution in [2.75, 3.05) is 6.61 Å². The highest BCUT2D eigenvalue weighted by Crippen LogP contribution is 2.03. The van der Waals surface area contributed by atoms with Gasteiger partial charge in [0.2, 0.25) is 0 Å².